The van der Waals surface area contributed by atoms with Gasteiger partial charge in [-0.1, -0.05) is 42.5 Å². The number of aromatic amines is 1. The molecule has 0 aliphatic heterocycles. The number of hydrogen-bond acceptors (Lipinski definition) is 2. The van der Waals surface area contributed by atoms with E-state index in [0.29, 0.717) is 12.1 Å². The molecule has 0 bridgehead atoms. The van der Waals surface area contributed by atoms with Crippen LogP contribution in [0, 0.1) is 6.92 Å². The van der Waals surface area contributed by atoms with E-state index in [0.717, 1.165) is 33.1 Å². The highest BCUT2D eigenvalue weighted by Crippen LogP contribution is 2.29. The molecule has 0 aliphatic rings. The lowest BCUT2D eigenvalue weighted by Crippen LogP contribution is -2.41. The molecule has 0 aliphatic carbocycles. The van der Waals surface area contributed by atoms with Gasteiger partial charge in [-0.2, -0.15) is 0 Å². The van der Waals surface area contributed by atoms with Crippen LogP contribution in [0.5, 0.6) is 0 Å². The van der Waals surface area contributed by atoms with E-state index in [9.17, 15) is 4.79 Å². The Morgan fingerprint density at radius 3 is 2.57 bits per heavy atom. The summed E-state index contributed by atoms with van der Waals surface area (Å²) in [5, 5.41) is 6.62. The maximum atomic E-state index is 13.2. The molecule has 0 saturated heterocycles. The molecular formula is C24H25N3O. The second-order valence-corrected chi connectivity index (χ2v) is 7.86. The van der Waals surface area contributed by atoms with Crippen LogP contribution in [-0.4, -0.2) is 10.9 Å². The Morgan fingerprint density at radius 1 is 1.04 bits per heavy atom. The van der Waals surface area contributed by atoms with E-state index in [1.807, 2.05) is 57.2 Å². The average molecular weight is 371 g/mol. The van der Waals surface area contributed by atoms with E-state index >= 15 is 0 Å². The van der Waals surface area contributed by atoms with Gasteiger partial charge in [0.2, 0.25) is 0 Å². The van der Waals surface area contributed by atoms with E-state index in [1.165, 1.54) is 5.39 Å². The van der Waals surface area contributed by atoms with Crippen LogP contribution in [0.1, 0.15) is 41.0 Å². The van der Waals surface area contributed by atoms with Crippen molar-refractivity contribution in [2.45, 2.75) is 32.9 Å². The first-order valence-corrected chi connectivity index (χ1v) is 9.52. The molecule has 4 N–H and O–H groups in total. The topological polar surface area (TPSA) is 70.9 Å². The number of carbonyl (C=O) groups excluding carboxylic acids is 1. The predicted octanol–water partition coefficient (Wildman–Crippen LogP) is 4.75. The lowest BCUT2D eigenvalue weighted by atomic mass is 9.89. The standard InChI is InChI=1S/C24H25N3O/c1-15-11-17-12-18(14-25)26-22(17)13-20(15)23(28)27-24(2,3)21-10-6-8-16-7-4-5-9-19(16)21/h4-13,26H,14,25H2,1-3H3,(H,27,28). The zero-order valence-electron chi connectivity index (χ0n) is 16.5. The molecule has 3 aromatic carbocycles. The predicted molar refractivity (Wildman–Crippen MR) is 115 cm³/mol. The molecule has 0 unspecified atom stereocenters. The fourth-order valence-electron chi connectivity index (χ4n) is 3.90. The summed E-state index contributed by atoms with van der Waals surface area (Å²) >= 11 is 0. The van der Waals surface area contributed by atoms with Crippen LogP contribution in [0.25, 0.3) is 21.7 Å². The molecule has 0 atom stereocenters. The number of H-pyrrole nitrogens is 1. The third-order valence-electron chi connectivity index (χ3n) is 5.38. The molecule has 4 aromatic rings. The van der Waals surface area contributed by atoms with E-state index in [2.05, 4.69) is 34.6 Å². The molecule has 142 valence electrons. The van der Waals surface area contributed by atoms with Gasteiger partial charge >= 0.3 is 0 Å². The zero-order chi connectivity index (χ0) is 19.9. The average Bonchev–Trinajstić information content (AvgIpc) is 3.08. The smallest absolute Gasteiger partial charge is 0.252 e. The van der Waals surface area contributed by atoms with Gasteiger partial charge in [-0.25, -0.2) is 0 Å². The van der Waals surface area contributed by atoms with Crippen molar-refractivity contribution in [3.05, 3.63) is 83.0 Å². The SMILES string of the molecule is Cc1cc2cc(CN)[nH]c2cc1C(=O)NC(C)(C)c1cccc2ccccc12. The number of nitrogens with one attached hydrogen (secondary N) is 2. The van der Waals surface area contributed by atoms with Crippen LogP contribution >= 0.6 is 0 Å². The van der Waals surface area contributed by atoms with Gasteiger partial charge in [0.1, 0.15) is 0 Å². The molecular weight excluding hydrogens is 346 g/mol. The molecule has 0 fully saturated rings. The number of carbonyl (C=O) groups is 1. The molecule has 1 amide bonds. The highest BCUT2D eigenvalue weighted by Gasteiger charge is 2.26. The van der Waals surface area contributed by atoms with Crippen molar-refractivity contribution >= 4 is 27.6 Å². The second kappa shape index (κ2) is 6.80. The summed E-state index contributed by atoms with van der Waals surface area (Å²) in [6.07, 6.45) is 0. The molecule has 4 rings (SSSR count). The van der Waals surface area contributed by atoms with Crippen molar-refractivity contribution in [3.63, 3.8) is 0 Å². The molecule has 0 radical (unpaired) electrons. The van der Waals surface area contributed by atoms with Crippen molar-refractivity contribution < 1.29 is 4.79 Å². The van der Waals surface area contributed by atoms with Gasteiger partial charge in [0.05, 0.1) is 5.54 Å². The normalized spacial score (nSPS) is 11.9. The Kier molecular flexibility index (Phi) is 4.44. The number of benzene rings is 3. The summed E-state index contributed by atoms with van der Waals surface area (Å²) in [4.78, 5) is 16.4. The van der Waals surface area contributed by atoms with Crippen molar-refractivity contribution in [3.8, 4) is 0 Å². The van der Waals surface area contributed by atoms with Crippen LogP contribution in [0.4, 0.5) is 0 Å². The zero-order valence-corrected chi connectivity index (χ0v) is 16.5. The van der Waals surface area contributed by atoms with E-state index in [1.54, 1.807) is 0 Å². The maximum Gasteiger partial charge on any atom is 0.252 e. The molecule has 4 nitrogen and oxygen atoms in total. The van der Waals surface area contributed by atoms with Gasteiger partial charge in [-0.3, -0.25) is 4.79 Å². The van der Waals surface area contributed by atoms with E-state index in [4.69, 9.17) is 5.73 Å². The molecule has 28 heavy (non-hydrogen) atoms. The summed E-state index contributed by atoms with van der Waals surface area (Å²) in [6.45, 7) is 6.50. The minimum Gasteiger partial charge on any atom is -0.357 e. The monoisotopic (exact) mass is 371 g/mol. The van der Waals surface area contributed by atoms with Crippen molar-refractivity contribution in [1.29, 1.82) is 0 Å². The van der Waals surface area contributed by atoms with E-state index in [-0.39, 0.29) is 5.91 Å². The first kappa shape index (κ1) is 18.3. The van der Waals surface area contributed by atoms with Crippen LogP contribution in [0.2, 0.25) is 0 Å². The van der Waals surface area contributed by atoms with Gasteiger partial charge in [-0.15, -0.1) is 0 Å². The number of rotatable bonds is 4. The lowest BCUT2D eigenvalue weighted by Gasteiger charge is -2.28. The number of aryl methyl sites for hydroxylation is 1. The number of amides is 1. The first-order chi connectivity index (χ1) is 13.4. The van der Waals surface area contributed by atoms with Gasteiger partial charge in [0.25, 0.3) is 5.91 Å². The third-order valence-corrected chi connectivity index (χ3v) is 5.38. The van der Waals surface area contributed by atoms with Crippen molar-refractivity contribution in [1.82, 2.24) is 10.3 Å². The molecule has 4 heteroatoms. The minimum absolute atomic E-state index is 0.0822. The van der Waals surface area contributed by atoms with Crippen LogP contribution in [0.15, 0.2) is 60.7 Å². The fraction of sp³-hybridized carbons (Fsp3) is 0.208. The van der Waals surface area contributed by atoms with Gasteiger partial charge < -0.3 is 16.0 Å². The lowest BCUT2D eigenvalue weighted by molar-refractivity contribution is 0.0912. The number of nitrogens with two attached hydrogens (primary N) is 1. The van der Waals surface area contributed by atoms with Crippen LogP contribution in [-0.2, 0) is 12.1 Å². The number of hydrogen-bond donors (Lipinski definition) is 3. The summed E-state index contributed by atoms with van der Waals surface area (Å²) < 4.78 is 0. The molecule has 0 saturated carbocycles. The van der Waals surface area contributed by atoms with Crippen molar-refractivity contribution in [2.75, 3.05) is 0 Å². The quantitative estimate of drug-likeness (QED) is 0.484. The highest BCUT2D eigenvalue weighted by molar-refractivity contribution is 6.00. The van der Waals surface area contributed by atoms with Gasteiger partial charge in [0.15, 0.2) is 0 Å². The maximum absolute atomic E-state index is 13.2. The molecule has 1 heterocycles. The third kappa shape index (κ3) is 3.16. The first-order valence-electron chi connectivity index (χ1n) is 9.52. The van der Waals surface area contributed by atoms with Crippen LogP contribution in [0.3, 0.4) is 0 Å². The summed E-state index contributed by atoms with van der Waals surface area (Å²) in [5.74, 6) is -0.0822. The Balaban J connectivity index is 1.70. The Labute approximate surface area is 164 Å². The van der Waals surface area contributed by atoms with Gasteiger partial charge in [-0.05, 0) is 66.3 Å². The number of fused-ring (bicyclic) bond motifs is 2. The number of aromatic nitrogens is 1. The van der Waals surface area contributed by atoms with E-state index < -0.39 is 5.54 Å². The largest absolute Gasteiger partial charge is 0.357 e. The summed E-state index contributed by atoms with van der Waals surface area (Å²) in [5.41, 5.74) is 9.82. The molecule has 0 spiro atoms. The summed E-state index contributed by atoms with van der Waals surface area (Å²) in [6, 6.07) is 20.4. The Hall–Kier alpha value is -3.11. The fourth-order valence-corrected chi connectivity index (χ4v) is 3.90. The second-order valence-electron chi connectivity index (χ2n) is 7.86. The van der Waals surface area contributed by atoms with Crippen molar-refractivity contribution in [2.24, 2.45) is 5.73 Å². The van der Waals surface area contributed by atoms with Crippen LogP contribution < -0.4 is 11.1 Å². The molecule has 1 aromatic heterocycles. The minimum atomic E-state index is -0.516. The van der Waals surface area contributed by atoms with Gasteiger partial charge in [0, 0.05) is 23.3 Å². The Bertz CT molecular complexity index is 1180. The highest BCUT2D eigenvalue weighted by atomic mass is 16.1. The Morgan fingerprint density at radius 2 is 1.79 bits per heavy atom. The summed E-state index contributed by atoms with van der Waals surface area (Å²) in [7, 11) is 0.